The Hall–Kier alpha value is -2.66. The van der Waals surface area contributed by atoms with Gasteiger partial charge in [0, 0.05) is 23.7 Å². The summed E-state index contributed by atoms with van der Waals surface area (Å²) in [7, 11) is 1.63. The number of hydrogen-bond acceptors (Lipinski definition) is 4. The summed E-state index contributed by atoms with van der Waals surface area (Å²) < 4.78 is 5.12. The second-order valence-corrected chi connectivity index (χ2v) is 6.19. The van der Waals surface area contributed by atoms with Crippen LogP contribution in [0.2, 0.25) is 0 Å². The maximum absolute atomic E-state index is 12.2. The number of amides is 1. The van der Waals surface area contributed by atoms with E-state index in [4.69, 9.17) is 4.74 Å². The highest BCUT2D eigenvalue weighted by Gasteiger charge is 2.09. The summed E-state index contributed by atoms with van der Waals surface area (Å²) in [5.74, 6) is 0.783. The maximum Gasteiger partial charge on any atom is 0.224 e. The van der Waals surface area contributed by atoms with Crippen molar-refractivity contribution in [2.75, 3.05) is 7.11 Å². The van der Waals surface area contributed by atoms with Crippen LogP contribution in [0.1, 0.15) is 11.1 Å². The lowest BCUT2D eigenvalue weighted by atomic mass is 10.1. The standard InChI is InChI=1S/C19H18N2O2S/c1-23-16-8-6-14(7-9-16)12-18(22)21-13-15-4-2-3-5-17(15)19-20-10-11-24-19/h2-11H,12-13H2,1H3,(H,21,22). The van der Waals surface area contributed by atoms with Crippen molar-refractivity contribution in [1.29, 1.82) is 0 Å². The first-order valence-electron chi connectivity index (χ1n) is 7.63. The fourth-order valence-electron chi connectivity index (χ4n) is 2.42. The number of ether oxygens (including phenoxy) is 1. The third kappa shape index (κ3) is 4.00. The Morgan fingerprint density at radius 1 is 1.17 bits per heavy atom. The highest BCUT2D eigenvalue weighted by Crippen LogP contribution is 2.25. The molecule has 2 aromatic carbocycles. The zero-order chi connectivity index (χ0) is 16.8. The zero-order valence-corrected chi connectivity index (χ0v) is 14.2. The Labute approximate surface area is 145 Å². The van der Waals surface area contributed by atoms with Gasteiger partial charge in [-0.1, -0.05) is 36.4 Å². The van der Waals surface area contributed by atoms with Gasteiger partial charge in [0.2, 0.25) is 5.91 Å². The summed E-state index contributed by atoms with van der Waals surface area (Å²) in [4.78, 5) is 16.5. The molecule has 122 valence electrons. The first kappa shape index (κ1) is 16.2. The number of benzene rings is 2. The molecule has 0 unspecified atom stereocenters. The molecule has 0 radical (unpaired) electrons. The van der Waals surface area contributed by atoms with E-state index in [2.05, 4.69) is 10.3 Å². The Balaban J connectivity index is 1.62. The van der Waals surface area contributed by atoms with Gasteiger partial charge in [0.1, 0.15) is 10.8 Å². The van der Waals surface area contributed by atoms with Crippen LogP contribution in [0, 0.1) is 0 Å². The molecule has 1 heterocycles. The molecule has 1 amide bonds. The largest absolute Gasteiger partial charge is 0.497 e. The smallest absolute Gasteiger partial charge is 0.224 e. The number of carbonyl (C=O) groups excluding carboxylic acids is 1. The molecule has 0 aliphatic heterocycles. The van der Waals surface area contributed by atoms with Gasteiger partial charge in [-0.05, 0) is 23.3 Å². The predicted octanol–water partition coefficient (Wildman–Crippen LogP) is 3.68. The van der Waals surface area contributed by atoms with Crippen molar-refractivity contribution in [2.45, 2.75) is 13.0 Å². The van der Waals surface area contributed by atoms with E-state index in [9.17, 15) is 4.79 Å². The van der Waals surface area contributed by atoms with Crippen LogP contribution in [0.15, 0.2) is 60.1 Å². The fourth-order valence-corrected chi connectivity index (χ4v) is 3.12. The van der Waals surface area contributed by atoms with Crippen molar-refractivity contribution in [2.24, 2.45) is 0 Å². The second-order valence-electron chi connectivity index (χ2n) is 5.30. The van der Waals surface area contributed by atoms with Gasteiger partial charge < -0.3 is 10.1 Å². The number of rotatable bonds is 6. The quantitative estimate of drug-likeness (QED) is 0.746. The van der Waals surface area contributed by atoms with Crippen LogP contribution in [0.5, 0.6) is 5.75 Å². The Kier molecular flexibility index (Phi) is 5.23. The van der Waals surface area contributed by atoms with E-state index < -0.39 is 0 Å². The molecular formula is C19H18N2O2S. The van der Waals surface area contributed by atoms with Crippen molar-refractivity contribution in [3.05, 3.63) is 71.2 Å². The molecule has 0 atom stereocenters. The van der Waals surface area contributed by atoms with Crippen LogP contribution >= 0.6 is 11.3 Å². The molecule has 1 N–H and O–H groups in total. The lowest BCUT2D eigenvalue weighted by Gasteiger charge is -2.09. The average Bonchev–Trinajstić information content (AvgIpc) is 3.15. The predicted molar refractivity (Wildman–Crippen MR) is 96.1 cm³/mol. The first-order valence-corrected chi connectivity index (χ1v) is 8.51. The summed E-state index contributed by atoms with van der Waals surface area (Å²) >= 11 is 1.59. The van der Waals surface area contributed by atoms with E-state index in [1.54, 1.807) is 24.6 Å². The minimum atomic E-state index is -0.00545. The van der Waals surface area contributed by atoms with E-state index in [1.165, 1.54) is 0 Å². The summed E-state index contributed by atoms with van der Waals surface area (Å²) in [6, 6.07) is 15.5. The summed E-state index contributed by atoms with van der Waals surface area (Å²) in [5, 5.41) is 5.91. The van der Waals surface area contributed by atoms with E-state index >= 15 is 0 Å². The van der Waals surface area contributed by atoms with Crippen molar-refractivity contribution < 1.29 is 9.53 Å². The van der Waals surface area contributed by atoms with Gasteiger partial charge >= 0.3 is 0 Å². The van der Waals surface area contributed by atoms with Gasteiger partial charge in [-0.15, -0.1) is 11.3 Å². The van der Waals surface area contributed by atoms with Crippen LogP contribution in [0.4, 0.5) is 0 Å². The molecule has 4 nitrogen and oxygen atoms in total. The van der Waals surface area contributed by atoms with Gasteiger partial charge in [0.15, 0.2) is 0 Å². The fraction of sp³-hybridized carbons (Fsp3) is 0.158. The lowest BCUT2D eigenvalue weighted by Crippen LogP contribution is -2.24. The van der Waals surface area contributed by atoms with Crippen LogP contribution in [-0.4, -0.2) is 18.0 Å². The molecule has 1 aromatic heterocycles. The Morgan fingerprint density at radius 2 is 1.96 bits per heavy atom. The first-order chi connectivity index (χ1) is 11.8. The molecule has 5 heteroatoms. The topological polar surface area (TPSA) is 51.2 Å². The van der Waals surface area contributed by atoms with E-state index in [-0.39, 0.29) is 5.91 Å². The van der Waals surface area contributed by atoms with Crippen LogP contribution in [0.3, 0.4) is 0 Å². The van der Waals surface area contributed by atoms with Crippen molar-refractivity contribution >= 4 is 17.2 Å². The van der Waals surface area contributed by atoms with Gasteiger partial charge in [0.25, 0.3) is 0 Å². The maximum atomic E-state index is 12.2. The highest BCUT2D eigenvalue weighted by atomic mass is 32.1. The molecule has 0 spiro atoms. The average molecular weight is 338 g/mol. The third-order valence-electron chi connectivity index (χ3n) is 3.68. The molecule has 0 bridgehead atoms. The Morgan fingerprint density at radius 3 is 2.67 bits per heavy atom. The summed E-state index contributed by atoms with van der Waals surface area (Å²) in [5.41, 5.74) is 3.09. The molecule has 0 saturated heterocycles. The summed E-state index contributed by atoms with van der Waals surface area (Å²) in [6.45, 7) is 0.491. The molecular weight excluding hydrogens is 320 g/mol. The van der Waals surface area contributed by atoms with Crippen LogP contribution < -0.4 is 10.1 Å². The highest BCUT2D eigenvalue weighted by molar-refractivity contribution is 7.13. The summed E-state index contributed by atoms with van der Waals surface area (Å²) in [6.07, 6.45) is 2.14. The van der Waals surface area contributed by atoms with E-state index in [0.717, 1.165) is 27.4 Å². The molecule has 0 aliphatic carbocycles. The molecule has 24 heavy (non-hydrogen) atoms. The van der Waals surface area contributed by atoms with Crippen molar-refractivity contribution in [3.8, 4) is 16.3 Å². The molecule has 3 aromatic rings. The monoisotopic (exact) mass is 338 g/mol. The molecule has 0 saturated carbocycles. The molecule has 3 rings (SSSR count). The van der Waals surface area contributed by atoms with Crippen LogP contribution in [-0.2, 0) is 17.8 Å². The van der Waals surface area contributed by atoms with E-state index in [1.807, 2.05) is 53.9 Å². The number of methoxy groups -OCH3 is 1. The zero-order valence-electron chi connectivity index (χ0n) is 13.4. The Bertz CT molecular complexity index is 798. The number of nitrogens with one attached hydrogen (secondary N) is 1. The number of thiazole rings is 1. The molecule has 0 aliphatic rings. The van der Waals surface area contributed by atoms with E-state index in [0.29, 0.717) is 13.0 Å². The van der Waals surface area contributed by atoms with Crippen molar-refractivity contribution in [3.63, 3.8) is 0 Å². The SMILES string of the molecule is COc1ccc(CC(=O)NCc2ccccc2-c2nccs2)cc1. The van der Waals surface area contributed by atoms with Crippen molar-refractivity contribution in [1.82, 2.24) is 10.3 Å². The van der Waals surface area contributed by atoms with Gasteiger partial charge in [-0.2, -0.15) is 0 Å². The molecule has 0 fully saturated rings. The van der Waals surface area contributed by atoms with Crippen LogP contribution in [0.25, 0.3) is 10.6 Å². The number of aromatic nitrogens is 1. The lowest BCUT2D eigenvalue weighted by molar-refractivity contribution is -0.120. The van der Waals surface area contributed by atoms with Gasteiger partial charge in [-0.25, -0.2) is 4.98 Å². The third-order valence-corrected chi connectivity index (χ3v) is 4.49. The second kappa shape index (κ2) is 7.75. The number of hydrogen-bond donors (Lipinski definition) is 1. The number of carbonyl (C=O) groups is 1. The van der Waals surface area contributed by atoms with Gasteiger partial charge in [0.05, 0.1) is 13.5 Å². The van der Waals surface area contributed by atoms with Gasteiger partial charge in [-0.3, -0.25) is 4.79 Å². The normalized spacial score (nSPS) is 10.4. The minimum absolute atomic E-state index is 0.00545. The number of nitrogens with zero attached hydrogens (tertiary/aromatic N) is 1. The minimum Gasteiger partial charge on any atom is -0.497 e.